The predicted molar refractivity (Wildman–Crippen MR) is 65.2 cm³/mol. The van der Waals surface area contributed by atoms with Crippen LogP contribution in [0.4, 0.5) is 0 Å². The van der Waals surface area contributed by atoms with E-state index in [1.54, 1.807) is 0 Å². The average Bonchev–Trinajstić information content (AvgIpc) is 2.71. The molecule has 0 radical (unpaired) electrons. The molecule has 17 heavy (non-hydrogen) atoms. The maximum absolute atomic E-state index is 12.0. The number of carbonyl (C=O) groups is 2. The van der Waals surface area contributed by atoms with E-state index in [9.17, 15) is 9.59 Å². The van der Waals surface area contributed by atoms with E-state index in [4.69, 9.17) is 0 Å². The normalized spacial score (nSPS) is 19.4. The third-order valence-electron chi connectivity index (χ3n) is 3.07. The van der Waals surface area contributed by atoms with Crippen LogP contribution in [0.3, 0.4) is 0 Å². The number of rotatable bonds is 4. The van der Waals surface area contributed by atoms with E-state index in [2.05, 4.69) is 6.58 Å². The summed E-state index contributed by atoms with van der Waals surface area (Å²) in [6.07, 6.45) is 2.44. The quantitative estimate of drug-likeness (QED) is 0.738. The van der Waals surface area contributed by atoms with Crippen LogP contribution in [0.1, 0.15) is 12.0 Å². The molecule has 0 aromatic heterocycles. The third-order valence-corrected chi connectivity index (χ3v) is 3.07. The molecular weight excluding hydrogens is 214 g/mol. The van der Waals surface area contributed by atoms with Crippen molar-refractivity contribution >= 4 is 11.7 Å². The summed E-state index contributed by atoms with van der Waals surface area (Å²) < 4.78 is 0. The molecule has 1 aromatic carbocycles. The number of amides is 1. The van der Waals surface area contributed by atoms with Gasteiger partial charge in [-0.1, -0.05) is 36.9 Å². The van der Waals surface area contributed by atoms with Gasteiger partial charge in [0.25, 0.3) is 0 Å². The Hall–Kier alpha value is -1.90. The summed E-state index contributed by atoms with van der Waals surface area (Å²) >= 11 is 0. The van der Waals surface area contributed by atoms with Gasteiger partial charge in [0, 0.05) is 13.0 Å². The summed E-state index contributed by atoms with van der Waals surface area (Å²) in [5.41, 5.74) is 0.961. The van der Waals surface area contributed by atoms with Crippen molar-refractivity contribution in [1.29, 1.82) is 0 Å². The molecule has 1 aliphatic rings. The minimum Gasteiger partial charge on any atom is -0.319 e. The lowest BCUT2D eigenvalue weighted by Gasteiger charge is -2.10. The second-order valence-corrected chi connectivity index (χ2v) is 4.18. The fraction of sp³-hybridized carbons (Fsp3) is 0.286. The van der Waals surface area contributed by atoms with E-state index in [1.807, 2.05) is 30.3 Å². The molecule has 1 amide bonds. The molecule has 3 nitrogen and oxygen atoms in total. The highest BCUT2D eigenvalue weighted by Crippen LogP contribution is 2.20. The number of nitrogens with zero attached hydrogens (tertiary/aromatic N) is 1. The minimum atomic E-state index is -0.479. The van der Waals surface area contributed by atoms with Gasteiger partial charge in [-0.3, -0.25) is 9.59 Å². The molecular formula is C14H15NO2. The topological polar surface area (TPSA) is 37.4 Å². The molecule has 0 saturated carbocycles. The van der Waals surface area contributed by atoms with Gasteiger partial charge in [0.15, 0.2) is 0 Å². The molecule has 0 N–H and O–H groups in total. The Morgan fingerprint density at radius 1 is 1.41 bits per heavy atom. The fourth-order valence-electron chi connectivity index (χ4n) is 2.10. The summed E-state index contributed by atoms with van der Waals surface area (Å²) in [6, 6.07) is 9.52. The number of hydrogen-bond acceptors (Lipinski definition) is 2. The number of hydrogen-bond donors (Lipinski definition) is 0. The van der Waals surface area contributed by atoms with E-state index in [0.29, 0.717) is 19.4 Å². The van der Waals surface area contributed by atoms with Crippen LogP contribution in [0, 0.1) is 5.92 Å². The summed E-state index contributed by atoms with van der Waals surface area (Å²) in [6.45, 7) is 4.17. The smallest absolute Gasteiger partial charge is 0.237 e. The molecule has 0 bridgehead atoms. The first-order chi connectivity index (χ1) is 8.22. The molecule has 1 aliphatic heterocycles. The van der Waals surface area contributed by atoms with Gasteiger partial charge in [-0.05, 0) is 18.2 Å². The largest absolute Gasteiger partial charge is 0.319 e. The van der Waals surface area contributed by atoms with Crippen LogP contribution in [0.2, 0.25) is 0 Å². The molecule has 1 aromatic rings. The van der Waals surface area contributed by atoms with Gasteiger partial charge in [0.1, 0.15) is 5.78 Å². The molecule has 0 spiro atoms. The average molecular weight is 229 g/mol. The minimum absolute atomic E-state index is 0.00514. The summed E-state index contributed by atoms with van der Waals surface area (Å²) in [5.74, 6) is -0.584. The zero-order valence-electron chi connectivity index (χ0n) is 9.63. The number of Topliss-reactive ketones (excluding diaryl/α,β-unsaturated/α-hetero) is 1. The Morgan fingerprint density at radius 3 is 2.71 bits per heavy atom. The molecule has 88 valence electrons. The standard InChI is InChI=1S/C14H15NO2/c1-2-15-9-8-12(14(15)17)13(16)10-11-6-4-3-5-7-11/h2-7,12H,1,8-10H2. The molecule has 1 unspecified atom stereocenters. The maximum atomic E-state index is 12.0. The van der Waals surface area contributed by atoms with E-state index in [1.165, 1.54) is 11.1 Å². The van der Waals surface area contributed by atoms with Gasteiger partial charge in [-0.15, -0.1) is 0 Å². The van der Waals surface area contributed by atoms with Crippen LogP contribution in [0.25, 0.3) is 0 Å². The number of carbonyl (C=O) groups excluding carboxylic acids is 2. The Morgan fingerprint density at radius 2 is 2.12 bits per heavy atom. The first-order valence-corrected chi connectivity index (χ1v) is 5.72. The van der Waals surface area contributed by atoms with Crippen LogP contribution in [0.5, 0.6) is 0 Å². The van der Waals surface area contributed by atoms with Gasteiger partial charge in [-0.2, -0.15) is 0 Å². The highest BCUT2D eigenvalue weighted by molar-refractivity contribution is 6.03. The van der Waals surface area contributed by atoms with Crippen molar-refractivity contribution in [2.45, 2.75) is 12.8 Å². The Kier molecular flexibility index (Phi) is 3.38. The second kappa shape index (κ2) is 4.95. The van der Waals surface area contributed by atoms with Gasteiger partial charge in [0.2, 0.25) is 5.91 Å². The molecule has 0 aliphatic carbocycles. The Labute approximate surface area is 101 Å². The van der Waals surface area contributed by atoms with Crippen molar-refractivity contribution in [2.75, 3.05) is 6.54 Å². The first-order valence-electron chi connectivity index (χ1n) is 5.72. The van der Waals surface area contributed by atoms with Crippen molar-refractivity contribution in [3.63, 3.8) is 0 Å². The van der Waals surface area contributed by atoms with Crippen LogP contribution in [-0.2, 0) is 16.0 Å². The van der Waals surface area contributed by atoms with Gasteiger partial charge < -0.3 is 4.90 Å². The van der Waals surface area contributed by atoms with E-state index in [0.717, 1.165) is 5.56 Å². The van der Waals surface area contributed by atoms with Crippen LogP contribution in [-0.4, -0.2) is 23.1 Å². The Balaban J connectivity index is 2.02. The van der Waals surface area contributed by atoms with Crippen molar-refractivity contribution < 1.29 is 9.59 Å². The van der Waals surface area contributed by atoms with E-state index >= 15 is 0 Å². The van der Waals surface area contributed by atoms with Crippen molar-refractivity contribution in [1.82, 2.24) is 4.90 Å². The molecule has 1 fully saturated rings. The fourth-order valence-corrected chi connectivity index (χ4v) is 2.10. The van der Waals surface area contributed by atoms with E-state index in [-0.39, 0.29) is 11.7 Å². The van der Waals surface area contributed by atoms with Gasteiger partial charge in [-0.25, -0.2) is 0 Å². The lowest BCUT2D eigenvalue weighted by molar-refractivity contribution is -0.135. The molecule has 1 atom stereocenters. The third kappa shape index (κ3) is 2.44. The number of benzene rings is 1. The lowest BCUT2D eigenvalue weighted by Crippen LogP contribution is -2.27. The highest BCUT2D eigenvalue weighted by atomic mass is 16.2. The molecule has 2 rings (SSSR count). The van der Waals surface area contributed by atoms with Crippen molar-refractivity contribution in [3.05, 3.63) is 48.7 Å². The van der Waals surface area contributed by atoms with Crippen LogP contribution in [0.15, 0.2) is 43.1 Å². The van der Waals surface area contributed by atoms with Crippen molar-refractivity contribution in [2.24, 2.45) is 5.92 Å². The number of ketones is 1. The SMILES string of the molecule is C=CN1CCC(C(=O)Cc2ccccc2)C1=O. The molecule has 1 saturated heterocycles. The summed E-state index contributed by atoms with van der Waals surface area (Å²) in [4.78, 5) is 25.3. The lowest BCUT2D eigenvalue weighted by atomic mass is 9.97. The zero-order chi connectivity index (χ0) is 12.3. The van der Waals surface area contributed by atoms with Gasteiger partial charge in [0.05, 0.1) is 5.92 Å². The zero-order valence-corrected chi connectivity index (χ0v) is 9.63. The summed E-state index contributed by atoms with van der Waals surface area (Å²) in [7, 11) is 0. The molecule has 3 heteroatoms. The second-order valence-electron chi connectivity index (χ2n) is 4.18. The van der Waals surface area contributed by atoms with Crippen LogP contribution >= 0.6 is 0 Å². The van der Waals surface area contributed by atoms with Gasteiger partial charge >= 0.3 is 0 Å². The highest BCUT2D eigenvalue weighted by Gasteiger charge is 2.35. The van der Waals surface area contributed by atoms with Crippen LogP contribution < -0.4 is 0 Å². The first kappa shape index (κ1) is 11.6. The monoisotopic (exact) mass is 229 g/mol. The summed E-state index contributed by atoms with van der Waals surface area (Å²) in [5, 5.41) is 0. The number of likely N-dealkylation sites (tertiary alicyclic amines) is 1. The van der Waals surface area contributed by atoms with E-state index < -0.39 is 5.92 Å². The predicted octanol–water partition coefficient (Wildman–Crippen LogP) is 1.79. The Bertz CT molecular complexity index is 439. The maximum Gasteiger partial charge on any atom is 0.237 e. The van der Waals surface area contributed by atoms with Crippen molar-refractivity contribution in [3.8, 4) is 0 Å². The molecule has 1 heterocycles.